The van der Waals surface area contributed by atoms with Crippen LogP contribution in [0.1, 0.15) is 47.5 Å². The zero-order valence-corrected chi connectivity index (χ0v) is 13.2. The van der Waals surface area contributed by atoms with Crippen molar-refractivity contribution in [2.45, 2.75) is 32.1 Å². The van der Waals surface area contributed by atoms with Crippen LogP contribution in [0.25, 0.3) is 0 Å². The molecule has 0 aliphatic heterocycles. The minimum atomic E-state index is 0.0608. The van der Waals surface area contributed by atoms with Gasteiger partial charge in [-0.2, -0.15) is 0 Å². The van der Waals surface area contributed by atoms with Gasteiger partial charge in [0.15, 0.2) is 5.78 Å². The van der Waals surface area contributed by atoms with Gasteiger partial charge in [0.1, 0.15) is 5.76 Å². The fraction of sp³-hybridized carbons (Fsp3) is 0.471. The number of anilines is 1. The Bertz CT molecular complexity index is 655. The summed E-state index contributed by atoms with van der Waals surface area (Å²) < 4.78 is 10.7. The minimum Gasteiger partial charge on any atom is -0.469 e. The van der Waals surface area contributed by atoms with Gasteiger partial charge in [-0.3, -0.25) is 4.79 Å². The van der Waals surface area contributed by atoms with Gasteiger partial charge in [0.2, 0.25) is 5.95 Å². The third-order valence-corrected chi connectivity index (χ3v) is 3.94. The highest BCUT2D eigenvalue weighted by Crippen LogP contribution is 2.32. The van der Waals surface area contributed by atoms with Crippen LogP contribution < -0.4 is 5.32 Å². The first-order chi connectivity index (χ1) is 11.3. The van der Waals surface area contributed by atoms with E-state index >= 15 is 0 Å². The van der Waals surface area contributed by atoms with Gasteiger partial charge in [-0.1, -0.05) is 0 Å². The van der Waals surface area contributed by atoms with Gasteiger partial charge >= 0.3 is 0 Å². The van der Waals surface area contributed by atoms with Crippen molar-refractivity contribution < 1.29 is 13.9 Å². The maximum Gasteiger partial charge on any atom is 0.222 e. The topological polar surface area (TPSA) is 77.2 Å². The summed E-state index contributed by atoms with van der Waals surface area (Å²) in [4.78, 5) is 21.0. The van der Waals surface area contributed by atoms with Crippen LogP contribution in [0.5, 0.6) is 0 Å². The van der Waals surface area contributed by atoms with Crippen LogP contribution in [-0.4, -0.2) is 35.5 Å². The Balaban J connectivity index is 1.66. The van der Waals surface area contributed by atoms with Crippen LogP contribution in [0.15, 0.2) is 29.0 Å². The number of ether oxygens (including phenoxy) is 1. The summed E-state index contributed by atoms with van der Waals surface area (Å²) in [5, 5.41) is 3.18. The maximum absolute atomic E-state index is 12.3. The fourth-order valence-electron chi connectivity index (χ4n) is 2.77. The number of carbonyl (C=O) groups is 1. The van der Waals surface area contributed by atoms with Gasteiger partial charge in [0.05, 0.1) is 17.5 Å². The third-order valence-electron chi connectivity index (χ3n) is 3.94. The summed E-state index contributed by atoms with van der Waals surface area (Å²) in [7, 11) is 0. The molecule has 2 aromatic rings. The molecule has 1 aliphatic rings. The number of Topliss-reactive ketones (excluding diaryl/α,β-unsaturated/α-hetero) is 1. The molecule has 6 heteroatoms. The average molecular weight is 315 g/mol. The number of hydrogen-bond acceptors (Lipinski definition) is 6. The first kappa shape index (κ1) is 15.7. The van der Waals surface area contributed by atoms with Crippen LogP contribution in [0.2, 0.25) is 0 Å². The van der Waals surface area contributed by atoms with Gasteiger partial charge in [-0.05, 0) is 25.5 Å². The van der Waals surface area contributed by atoms with E-state index in [9.17, 15) is 4.79 Å². The van der Waals surface area contributed by atoms with Crippen molar-refractivity contribution in [3.63, 3.8) is 0 Å². The number of fused-ring (bicyclic) bond motifs is 1. The number of carbonyl (C=O) groups excluding carboxylic acids is 1. The largest absolute Gasteiger partial charge is 0.469 e. The van der Waals surface area contributed by atoms with Crippen LogP contribution in [0, 0.1) is 0 Å². The summed E-state index contributed by atoms with van der Waals surface area (Å²) >= 11 is 0. The zero-order chi connectivity index (χ0) is 16.1. The van der Waals surface area contributed by atoms with E-state index in [2.05, 4.69) is 15.3 Å². The van der Waals surface area contributed by atoms with E-state index in [4.69, 9.17) is 9.15 Å². The van der Waals surface area contributed by atoms with E-state index < -0.39 is 0 Å². The number of aromatic nitrogens is 2. The van der Waals surface area contributed by atoms with Crippen LogP contribution in [0.4, 0.5) is 5.95 Å². The second kappa shape index (κ2) is 7.37. The maximum atomic E-state index is 12.3. The Kier molecular flexibility index (Phi) is 5.02. The quantitative estimate of drug-likeness (QED) is 0.792. The van der Waals surface area contributed by atoms with Gasteiger partial charge in [-0.15, -0.1) is 0 Å². The standard InChI is InChI=1S/C17H21N3O3/c1-2-22-7-4-6-18-17-19-11-13-14(20-17)9-12(10-15(13)21)16-5-3-8-23-16/h3,5,8,11-12H,2,4,6-7,9-10H2,1H3,(H,18,19,20)/t12-/m0/s1. The molecule has 0 spiro atoms. The molecule has 2 aromatic heterocycles. The molecule has 0 amide bonds. The molecule has 1 N–H and O–H groups in total. The van der Waals surface area contributed by atoms with E-state index in [0.717, 1.165) is 31.0 Å². The number of furan rings is 1. The van der Waals surface area contributed by atoms with Crippen LogP contribution in [-0.2, 0) is 11.2 Å². The Morgan fingerprint density at radius 1 is 1.43 bits per heavy atom. The van der Waals surface area contributed by atoms with E-state index in [0.29, 0.717) is 31.0 Å². The normalized spacial score (nSPS) is 17.1. The first-order valence-electron chi connectivity index (χ1n) is 8.02. The fourth-order valence-corrected chi connectivity index (χ4v) is 2.77. The molecule has 1 atom stereocenters. The van der Waals surface area contributed by atoms with Crippen LogP contribution >= 0.6 is 0 Å². The zero-order valence-electron chi connectivity index (χ0n) is 13.2. The number of ketones is 1. The van der Waals surface area contributed by atoms with Crippen molar-refractivity contribution in [1.82, 2.24) is 9.97 Å². The summed E-state index contributed by atoms with van der Waals surface area (Å²) in [6.07, 6.45) is 5.31. The lowest BCUT2D eigenvalue weighted by atomic mass is 9.85. The van der Waals surface area contributed by atoms with Crippen molar-refractivity contribution in [1.29, 1.82) is 0 Å². The lowest BCUT2D eigenvalue weighted by Crippen LogP contribution is -2.21. The minimum absolute atomic E-state index is 0.0608. The van der Waals surface area contributed by atoms with Gasteiger partial charge < -0.3 is 14.5 Å². The molecule has 0 radical (unpaired) electrons. The third kappa shape index (κ3) is 3.76. The van der Waals surface area contributed by atoms with Gasteiger partial charge in [0.25, 0.3) is 0 Å². The summed E-state index contributed by atoms with van der Waals surface area (Å²) in [5.74, 6) is 1.54. The molecule has 0 saturated carbocycles. The van der Waals surface area contributed by atoms with Crippen molar-refractivity contribution in [3.05, 3.63) is 41.6 Å². The number of rotatable bonds is 7. The number of nitrogens with zero attached hydrogens (tertiary/aromatic N) is 2. The molecule has 0 bridgehead atoms. The molecular formula is C17H21N3O3. The van der Waals surface area contributed by atoms with E-state index in [1.807, 2.05) is 19.1 Å². The molecule has 2 heterocycles. The molecule has 1 aliphatic carbocycles. The van der Waals surface area contributed by atoms with Crippen molar-refractivity contribution in [3.8, 4) is 0 Å². The van der Waals surface area contributed by atoms with Crippen molar-refractivity contribution in [2.24, 2.45) is 0 Å². The molecule has 6 nitrogen and oxygen atoms in total. The van der Waals surface area contributed by atoms with E-state index in [-0.39, 0.29) is 11.7 Å². The monoisotopic (exact) mass is 315 g/mol. The molecule has 0 fully saturated rings. The predicted octanol–water partition coefficient (Wildman–Crippen LogP) is 2.82. The first-order valence-corrected chi connectivity index (χ1v) is 8.02. The lowest BCUT2D eigenvalue weighted by molar-refractivity contribution is 0.0958. The molecule has 122 valence electrons. The van der Waals surface area contributed by atoms with Crippen molar-refractivity contribution >= 4 is 11.7 Å². The highest BCUT2D eigenvalue weighted by Gasteiger charge is 2.29. The Morgan fingerprint density at radius 2 is 2.35 bits per heavy atom. The Labute approximate surface area is 135 Å². The Hall–Kier alpha value is -2.21. The molecule has 23 heavy (non-hydrogen) atoms. The number of nitrogens with one attached hydrogen (secondary N) is 1. The molecule has 0 unspecified atom stereocenters. The summed E-state index contributed by atoms with van der Waals surface area (Å²) in [6.45, 7) is 4.17. The van der Waals surface area contributed by atoms with E-state index in [1.54, 1.807) is 12.5 Å². The van der Waals surface area contributed by atoms with Gasteiger partial charge in [0, 0.05) is 44.7 Å². The smallest absolute Gasteiger partial charge is 0.222 e. The molecule has 3 rings (SSSR count). The van der Waals surface area contributed by atoms with E-state index in [1.165, 1.54) is 0 Å². The van der Waals surface area contributed by atoms with Crippen LogP contribution in [0.3, 0.4) is 0 Å². The second-order valence-electron chi connectivity index (χ2n) is 5.57. The molecular weight excluding hydrogens is 294 g/mol. The lowest BCUT2D eigenvalue weighted by Gasteiger charge is -2.21. The number of hydrogen-bond donors (Lipinski definition) is 1. The Morgan fingerprint density at radius 3 is 3.13 bits per heavy atom. The predicted molar refractivity (Wildman–Crippen MR) is 85.7 cm³/mol. The molecule has 0 saturated heterocycles. The summed E-state index contributed by atoms with van der Waals surface area (Å²) in [6, 6.07) is 3.76. The average Bonchev–Trinajstić information content (AvgIpc) is 3.09. The molecule has 0 aromatic carbocycles. The summed E-state index contributed by atoms with van der Waals surface area (Å²) in [5.41, 5.74) is 1.43. The second-order valence-corrected chi connectivity index (χ2v) is 5.57. The van der Waals surface area contributed by atoms with Gasteiger partial charge in [-0.25, -0.2) is 9.97 Å². The highest BCUT2D eigenvalue weighted by atomic mass is 16.5. The van der Waals surface area contributed by atoms with Crippen molar-refractivity contribution in [2.75, 3.05) is 25.1 Å². The highest BCUT2D eigenvalue weighted by molar-refractivity contribution is 5.98. The SMILES string of the molecule is CCOCCCNc1ncc2c(n1)C[C@H](c1ccco1)CC2=O.